The SMILES string of the molecule is COc1cccc2nc(Cc3ccc(C)cc3)nn12. The molecular formula is C15H15N3O. The second-order valence-corrected chi connectivity index (χ2v) is 4.53. The zero-order chi connectivity index (χ0) is 13.2. The van der Waals surface area contributed by atoms with Gasteiger partial charge in [0.2, 0.25) is 5.88 Å². The predicted octanol–water partition coefficient (Wildman–Crippen LogP) is 2.64. The number of nitrogens with zero attached hydrogens (tertiary/aromatic N) is 3. The van der Waals surface area contributed by atoms with Crippen LogP contribution in [0.2, 0.25) is 0 Å². The molecule has 3 rings (SSSR count). The number of fused-ring (bicyclic) bond motifs is 1. The van der Waals surface area contributed by atoms with Crippen molar-refractivity contribution in [2.24, 2.45) is 0 Å². The molecule has 96 valence electrons. The van der Waals surface area contributed by atoms with Crippen molar-refractivity contribution in [1.29, 1.82) is 0 Å². The summed E-state index contributed by atoms with van der Waals surface area (Å²) in [5.41, 5.74) is 3.27. The van der Waals surface area contributed by atoms with Crippen LogP contribution in [0.1, 0.15) is 17.0 Å². The Morgan fingerprint density at radius 1 is 1.11 bits per heavy atom. The lowest BCUT2D eigenvalue weighted by Crippen LogP contribution is -1.96. The second-order valence-electron chi connectivity index (χ2n) is 4.53. The molecular weight excluding hydrogens is 238 g/mol. The first-order valence-electron chi connectivity index (χ1n) is 6.20. The standard InChI is InChI=1S/C15H15N3O/c1-11-6-8-12(9-7-11)10-13-16-14-4-3-5-15(19-2)18(14)17-13/h3-9H,10H2,1-2H3. The molecule has 0 unspecified atom stereocenters. The molecule has 0 atom stereocenters. The van der Waals surface area contributed by atoms with Gasteiger partial charge in [-0.2, -0.15) is 4.52 Å². The van der Waals surface area contributed by atoms with E-state index in [9.17, 15) is 0 Å². The molecule has 0 radical (unpaired) electrons. The summed E-state index contributed by atoms with van der Waals surface area (Å²) in [5, 5.41) is 4.48. The zero-order valence-electron chi connectivity index (χ0n) is 11.0. The molecule has 0 fully saturated rings. The molecule has 19 heavy (non-hydrogen) atoms. The van der Waals surface area contributed by atoms with E-state index in [1.807, 2.05) is 18.2 Å². The summed E-state index contributed by atoms with van der Waals surface area (Å²) in [6, 6.07) is 14.1. The summed E-state index contributed by atoms with van der Waals surface area (Å²) in [6.45, 7) is 2.08. The fourth-order valence-electron chi connectivity index (χ4n) is 2.04. The fourth-order valence-corrected chi connectivity index (χ4v) is 2.04. The maximum absolute atomic E-state index is 5.27. The molecule has 0 aliphatic heterocycles. The lowest BCUT2D eigenvalue weighted by molar-refractivity contribution is 0.385. The quantitative estimate of drug-likeness (QED) is 0.720. The molecule has 4 nitrogen and oxygen atoms in total. The minimum Gasteiger partial charge on any atom is -0.481 e. The van der Waals surface area contributed by atoms with Crippen LogP contribution in [0.5, 0.6) is 5.88 Å². The number of hydrogen-bond donors (Lipinski definition) is 0. The maximum atomic E-state index is 5.27. The number of pyridine rings is 1. The fraction of sp³-hybridized carbons (Fsp3) is 0.200. The largest absolute Gasteiger partial charge is 0.481 e. The summed E-state index contributed by atoms with van der Waals surface area (Å²) < 4.78 is 6.99. The van der Waals surface area contributed by atoms with Crippen LogP contribution >= 0.6 is 0 Å². The van der Waals surface area contributed by atoms with E-state index in [4.69, 9.17) is 4.74 Å². The topological polar surface area (TPSA) is 39.4 Å². The molecule has 1 aromatic carbocycles. The highest BCUT2D eigenvalue weighted by atomic mass is 16.5. The summed E-state index contributed by atoms with van der Waals surface area (Å²) >= 11 is 0. The lowest BCUT2D eigenvalue weighted by atomic mass is 10.1. The van der Waals surface area contributed by atoms with Crippen LogP contribution in [-0.4, -0.2) is 21.7 Å². The van der Waals surface area contributed by atoms with E-state index in [0.717, 1.165) is 17.9 Å². The molecule has 0 amide bonds. The number of aryl methyl sites for hydroxylation is 1. The summed E-state index contributed by atoms with van der Waals surface area (Å²) in [7, 11) is 1.64. The minimum atomic E-state index is 0.695. The highest BCUT2D eigenvalue weighted by molar-refractivity contribution is 5.41. The van der Waals surface area contributed by atoms with Crippen molar-refractivity contribution in [3.63, 3.8) is 0 Å². The van der Waals surface area contributed by atoms with E-state index < -0.39 is 0 Å². The van der Waals surface area contributed by atoms with Crippen molar-refractivity contribution in [3.05, 3.63) is 59.4 Å². The van der Waals surface area contributed by atoms with Crippen LogP contribution < -0.4 is 4.74 Å². The molecule has 3 aromatic rings. The Bertz CT molecular complexity index is 701. The Labute approximate surface area is 111 Å². The molecule has 4 heteroatoms. The van der Waals surface area contributed by atoms with Crippen molar-refractivity contribution in [1.82, 2.24) is 14.6 Å². The molecule has 0 bridgehead atoms. The van der Waals surface area contributed by atoms with Gasteiger partial charge in [-0.1, -0.05) is 35.9 Å². The maximum Gasteiger partial charge on any atom is 0.216 e. The smallest absolute Gasteiger partial charge is 0.216 e. The van der Waals surface area contributed by atoms with E-state index >= 15 is 0 Å². The van der Waals surface area contributed by atoms with Crippen LogP contribution in [0.15, 0.2) is 42.5 Å². The van der Waals surface area contributed by atoms with Gasteiger partial charge in [0.25, 0.3) is 0 Å². The normalized spacial score (nSPS) is 10.8. The third-order valence-corrected chi connectivity index (χ3v) is 3.06. The van der Waals surface area contributed by atoms with Gasteiger partial charge in [0.1, 0.15) is 0 Å². The molecule has 0 aliphatic carbocycles. The van der Waals surface area contributed by atoms with Crippen LogP contribution in [0, 0.1) is 6.92 Å². The first kappa shape index (κ1) is 11.7. The van der Waals surface area contributed by atoms with E-state index in [2.05, 4.69) is 41.3 Å². The van der Waals surface area contributed by atoms with Crippen molar-refractivity contribution in [2.45, 2.75) is 13.3 Å². The monoisotopic (exact) mass is 253 g/mol. The van der Waals surface area contributed by atoms with Gasteiger partial charge in [-0.15, -0.1) is 5.10 Å². The first-order chi connectivity index (χ1) is 9.26. The summed E-state index contributed by atoms with van der Waals surface area (Å²) in [6.07, 6.45) is 0.727. The van der Waals surface area contributed by atoms with E-state index in [0.29, 0.717) is 5.88 Å². The van der Waals surface area contributed by atoms with Crippen molar-refractivity contribution in [2.75, 3.05) is 7.11 Å². The minimum absolute atomic E-state index is 0.695. The summed E-state index contributed by atoms with van der Waals surface area (Å²) in [4.78, 5) is 4.51. The van der Waals surface area contributed by atoms with Gasteiger partial charge in [0.05, 0.1) is 7.11 Å². The van der Waals surface area contributed by atoms with Gasteiger partial charge in [-0.3, -0.25) is 0 Å². The van der Waals surface area contributed by atoms with Gasteiger partial charge in [0.15, 0.2) is 11.5 Å². The van der Waals surface area contributed by atoms with Crippen LogP contribution in [0.25, 0.3) is 5.65 Å². The van der Waals surface area contributed by atoms with Gasteiger partial charge in [-0.05, 0) is 18.6 Å². The molecule has 2 aromatic heterocycles. The Balaban J connectivity index is 1.95. The molecule has 0 saturated heterocycles. The highest BCUT2D eigenvalue weighted by Crippen LogP contribution is 2.14. The molecule has 0 saturated carbocycles. The van der Waals surface area contributed by atoms with E-state index in [-0.39, 0.29) is 0 Å². The van der Waals surface area contributed by atoms with Crippen LogP contribution in [-0.2, 0) is 6.42 Å². The van der Waals surface area contributed by atoms with E-state index in [1.54, 1.807) is 11.6 Å². The van der Waals surface area contributed by atoms with Crippen LogP contribution in [0.4, 0.5) is 0 Å². The average molecular weight is 253 g/mol. The highest BCUT2D eigenvalue weighted by Gasteiger charge is 2.07. The summed E-state index contributed by atoms with van der Waals surface area (Å²) in [5.74, 6) is 1.49. The van der Waals surface area contributed by atoms with Gasteiger partial charge in [-0.25, -0.2) is 4.98 Å². The third kappa shape index (κ3) is 2.29. The third-order valence-electron chi connectivity index (χ3n) is 3.06. The number of methoxy groups -OCH3 is 1. The number of benzene rings is 1. The lowest BCUT2D eigenvalue weighted by Gasteiger charge is -2.00. The second kappa shape index (κ2) is 4.72. The molecule has 2 heterocycles. The van der Waals surface area contributed by atoms with Crippen molar-refractivity contribution < 1.29 is 4.74 Å². The molecule has 0 N–H and O–H groups in total. The average Bonchev–Trinajstić information content (AvgIpc) is 2.83. The zero-order valence-corrected chi connectivity index (χ0v) is 11.0. The Morgan fingerprint density at radius 3 is 2.63 bits per heavy atom. The van der Waals surface area contributed by atoms with Crippen molar-refractivity contribution >= 4 is 5.65 Å². The molecule has 0 aliphatic rings. The van der Waals surface area contributed by atoms with Crippen molar-refractivity contribution in [3.8, 4) is 5.88 Å². The Kier molecular flexibility index (Phi) is 2.91. The number of aromatic nitrogens is 3. The number of ether oxygens (including phenoxy) is 1. The van der Waals surface area contributed by atoms with Gasteiger partial charge < -0.3 is 4.74 Å². The van der Waals surface area contributed by atoms with Gasteiger partial charge in [0, 0.05) is 12.5 Å². The predicted molar refractivity (Wildman–Crippen MR) is 73.5 cm³/mol. The first-order valence-corrected chi connectivity index (χ1v) is 6.20. The molecule has 0 spiro atoms. The van der Waals surface area contributed by atoms with Crippen LogP contribution in [0.3, 0.4) is 0 Å². The number of rotatable bonds is 3. The number of hydrogen-bond acceptors (Lipinski definition) is 3. The Morgan fingerprint density at radius 2 is 1.89 bits per heavy atom. The van der Waals surface area contributed by atoms with Gasteiger partial charge >= 0.3 is 0 Å². The Hall–Kier alpha value is -2.36. The van der Waals surface area contributed by atoms with E-state index in [1.165, 1.54) is 11.1 Å².